The third-order valence-corrected chi connectivity index (χ3v) is 8.82. The lowest BCUT2D eigenvalue weighted by Crippen LogP contribution is -2.58. The molecule has 1 fully saturated rings. The Morgan fingerprint density at radius 1 is 1.07 bits per heavy atom. The zero-order chi connectivity index (χ0) is 30.2. The molecule has 2 heterocycles. The number of aliphatic carboxylic acids is 1. The average molecular weight is 568 g/mol. The Kier molecular flexibility index (Phi) is 8.60. The van der Waals surface area contributed by atoms with E-state index in [1.165, 1.54) is 4.90 Å². The number of fused-ring (bicyclic) bond motifs is 5. The molecule has 4 rings (SSSR count). The minimum absolute atomic E-state index is 0.00287. The number of benzene rings is 2. The Morgan fingerprint density at radius 2 is 1.80 bits per heavy atom. The summed E-state index contributed by atoms with van der Waals surface area (Å²) in [4.78, 5) is 40.9. The number of ether oxygens (including phenoxy) is 2. The van der Waals surface area contributed by atoms with Gasteiger partial charge in [-0.2, -0.15) is 0 Å². The van der Waals surface area contributed by atoms with Crippen LogP contribution in [0.25, 0.3) is 10.8 Å². The zero-order valence-corrected chi connectivity index (χ0v) is 25.4. The molecule has 5 bridgehead atoms. The van der Waals surface area contributed by atoms with Crippen molar-refractivity contribution in [2.24, 2.45) is 10.8 Å². The van der Waals surface area contributed by atoms with Crippen LogP contribution in [0.5, 0.6) is 5.75 Å². The maximum absolute atomic E-state index is 14.0. The van der Waals surface area contributed by atoms with Gasteiger partial charge >= 0.3 is 12.0 Å². The van der Waals surface area contributed by atoms with Crippen molar-refractivity contribution in [2.75, 3.05) is 27.3 Å². The van der Waals surface area contributed by atoms with Crippen molar-refractivity contribution in [3.63, 3.8) is 0 Å². The van der Waals surface area contributed by atoms with Gasteiger partial charge in [0.15, 0.2) is 0 Å². The molecule has 1 saturated heterocycles. The van der Waals surface area contributed by atoms with Gasteiger partial charge in [0, 0.05) is 20.1 Å². The summed E-state index contributed by atoms with van der Waals surface area (Å²) in [5, 5.41) is 18.0. The lowest BCUT2D eigenvalue weighted by atomic mass is 9.83. The molecule has 2 aromatic carbocycles. The number of nitrogens with zero attached hydrogens (tertiary/aromatic N) is 1. The second kappa shape index (κ2) is 11.5. The van der Waals surface area contributed by atoms with Crippen molar-refractivity contribution >= 4 is 28.7 Å². The van der Waals surface area contributed by atoms with Crippen LogP contribution >= 0.6 is 0 Å². The van der Waals surface area contributed by atoms with Crippen LogP contribution in [0.2, 0.25) is 0 Å². The maximum Gasteiger partial charge on any atom is 0.326 e. The monoisotopic (exact) mass is 567 g/mol. The van der Waals surface area contributed by atoms with Gasteiger partial charge in [-0.15, -0.1) is 0 Å². The topological polar surface area (TPSA) is 117 Å². The number of amides is 3. The van der Waals surface area contributed by atoms with Crippen LogP contribution in [0.15, 0.2) is 30.3 Å². The quantitative estimate of drug-likeness (QED) is 0.489. The van der Waals surface area contributed by atoms with Crippen LogP contribution in [0, 0.1) is 10.8 Å². The summed E-state index contributed by atoms with van der Waals surface area (Å²) in [7, 11) is 3.24. The summed E-state index contributed by atoms with van der Waals surface area (Å²) in [5.74, 6) is -0.706. The third-order valence-electron chi connectivity index (χ3n) is 8.82. The summed E-state index contributed by atoms with van der Waals surface area (Å²) >= 11 is 0. The maximum atomic E-state index is 14.0. The largest absolute Gasteiger partial charge is 0.496 e. The van der Waals surface area contributed by atoms with Crippen LogP contribution in [0.4, 0.5) is 4.79 Å². The number of carbonyl (C=O) groups excluding carboxylic acids is 2. The molecule has 9 nitrogen and oxygen atoms in total. The molecular weight excluding hydrogens is 522 g/mol. The highest BCUT2D eigenvalue weighted by atomic mass is 16.5. The minimum atomic E-state index is -1.11. The van der Waals surface area contributed by atoms with Gasteiger partial charge < -0.3 is 30.1 Å². The third kappa shape index (κ3) is 6.45. The zero-order valence-electron chi connectivity index (χ0n) is 25.4. The molecule has 0 aliphatic carbocycles. The molecule has 3 N–H and O–H groups in total. The number of methoxy groups -OCH3 is 2. The van der Waals surface area contributed by atoms with E-state index in [1.807, 2.05) is 45.0 Å². The number of aryl methyl sites for hydroxylation is 1. The molecule has 3 atom stereocenters. The van der Waals surface area contributed by atoms with Crippen LogP contribution < -0.4 is 15.4 Å². The fraction of sp³-hybridized carbons (Fsp3) is 0.594. The minimum Gasteiger partial charge on any atom is -0.496 e. The van der Waals surface area contributed by atoms with Gasteiger partial charge in [-0.05, 0) is 76.6 Å². The number of rotatable bonds is 3. The highest BCUT2D eigenvalue weighted by Crippen LogP contribution is 2.42. The van der Waals surface area contributed by atoms with Gasteiger partial charge in [-0.1, -0.05) is 46.8 Å². The van der Waals surface area contributed by atoms with E-state index in [2.05, 4.69) is 30.5 Å². The first kappa shape index (κ1) is 30.6. The molecule has 224 valence electrons. The van der Waals surface area contributed by atoms with Gasteiger partial charge in [0.1, 0.15) is 23.4 Å². The molecule has 2 aromatic rings. The molecule has 2 aliphatic rings. The summed E-state index contributed by atoms with van der Waals surface area (Å²) in [6.07, 6.45) is 3.64. The fourth-order valence-corrected chi connectivity index (χ4v) is 6.19. The van der Waals surface area contributed by atoms with E-state index in [-0.39, 0.29) is 18.4 Å². The van der Waals surface area contributed by atoms with Gasteiger partial charge in [0.05, 0.1) is 13.7 Å². The van der Waals surface area contributed by atoms with E-state index in [4.69, 9.17) is 9.47 Å². The van der Waals surface area contributed by atoms with Gasteiger partial charge in [-0.3, -0.25) is 4.79 Å². The van der Waals surface area contributed by atoms with Crippen LogP contribution in [0.1, 0.15) is 71.4 Å². The van der Waals surface area contributed by atoms with E-state index in [0.29, 0.717) is 6.54 Å². The number of hydrogen-bond donors (Lipinski definition) is 3. The average Bonchev–Trinajstić information content (AvgIpc) is 3.31. The number of urea groups is 1. The summed E-state index contributed by atoms with van der Waals surface area (Å²) in [5.41, 5.74) is 0.227. The smallest absolute Gasteiger partial charge is 0.326 e. The standard InChI is InChI=1S/C32H45N3O6/c1-30(2,3)26-27(36)35-19-32(41-7,18-24(35)28(37)38)23-11-10-20-17-25(40-6)21(15-22(20)16-23)9-8-12-31(4,5)13-14-33-29(39)34-26/h10-11,15-17,24,26H,8-9,12-14,18-19H2,1-7H3,(H,37,38)(H2,33,34,39)/t24-,26+,32-/m0/s1. The first-order valence-electron chi connectivity index (χ1n) is 14.4. The highest BCUT2D eigenvalue weighted by molar-refractivity contribution is 5.92. The van der Waals surface area contributed by atoms with Gasteiger partial charge in [-0.25, -0.2) is 9.59 Å². The molecule has 0 saturated carbocycles. The molecule has 0 unspecified atom stereocenters. The van der Waals surface area contributed by atoms with Crippen molar-refractivity contribution in [2.45, 2.75) is 84.4 Å². The lowest BCUT2D eigenvalue weighted by Gasteiger charge is -2.35. The van der Waals surface area contributed by atoms with E-state index < -0.39 is 41.0 Å². The van der Waals surface area contributed by atoms with E-state index in [1.54, 1.807) is 14.2 Å². The molecule has 41 heavy (non-hydrogen) atoms. The molecule has 0 aromatic heterocycles. The molecule has 3 amide bonds. The van der Waals surface area contributed by atoms with Crippen molar-refractivity contribution < 1.29 is 29.0 Å². The number of nitrogens with one attached hydrogen (secondary N) is 2. The number of carboxylic acid groups (broad SMARTS) is 1. The fourth-order valence-electron chi connectivity index (χ4n) is 6.19. The Labute approximate surface area is 242 Å². The summed E-state index contributed by atoms with van der Waals surface area (Å²) < 4.78 is 11.8. The Balaban J connectivity index is 1.83. The van der Waals surface area contributed by atoms with Crippen LogP contribution in [0.3, 0.4) is 0 Å². The molecule has 0 radical (unpaired) electrons. The van der Waals surface area contributed by atoms with E-state index >= 15 is 0 Å². The molecular formula is C32H45N3O6. The Morgan fingerprint density at radius 3 is 2.44 bits per heavy atom. The van der Waals surface area contributed by atoms with Crippen molar-refractivity contribution in [1.82, 2.24) is 15.5 Å². The number of hydrogen-bond acceptors (Lipinski definition) is 5. The predicted octanol–water partition coefficient (Wildman–Crippen LogP) is 4.84. The number of carbonyl (C=O) groups is 3. The van der Waals surface area contributed by atoms with E-state index in [9.17, 15) is 19.5 Å². The van der Waals surface area contributed by atoms with Gasteiger partial charge in [0.2, 0.25) is 5.91 Å². The Bertz CT molecular complexity index is 1320. The van der Waals surface area contributed by atoms with Crippen molar-refractivity contribution in [3.05, 3.63) is 41.5 Å². The SMILES string of the molecule is COc1cc2ccc3cc2cc1CCCC(C)(C)CCNC(=O)N[C@@H](C(C)(C)C)C(=O)N1C[C@@]3(OC)C[C@H]1C(=O)O. The first-order chi connectivity index (χ1) is 19.2. The normalized spacial score (nSPS) is 25.8. The molecule has 0 spiro atoms. The highest BCUT2D eigenvalue weighted by Gasteiger charge is 2.52. The molecule has 9 heteroatoms. The van der Waals surface area contributed by atoms with Crippen LogP contribution in [-0.2, 0) is 26.3 Å². The Hall–Kier alpha value is -3.33. The first-order valence-corrected chi connectivity index (χ1v) is 14.4. The number of carboxylic acids is 1. The van der Waals surface area contributed by atoms with E-state index in [0.717, 1.165) is 53.3 Å². The van der Waals surface area contributed by atoms with Gasteiger partial charge in [0.25, 0.3) is 0 Å². The second-order valence-corrected chi connectivity index (χ2v) is 13.4. The van der Waals surface area contributed by atoms with Crippen molar-refractivity contribution in [1.29, 1.82) is 0 Å². The summed E-state index contributed by atoms with van der Waals surface area (Å²) in [6, 6.07) is 7.69. The predicted molar refractivity (Wildman–Crippen MR) is 158 cm³/mol. The second-order valence-electron chi connectivity index (χ2n) is 13.4. The van der Waals surface area contributed by atoms with Crippen molar-refractivity contribution in [3.8, 4) is 5.75 Å². The van der Waals surface area contributed by atoms with Crippen LogP contribution in [-0.4, -0.2) is 67.3 Å². The molecule has 2 aliphatic heterocycles. The lowest BCUT2D eigenvalue weighted by molar-refractivity contribution is -0.150. The summed E-state index contributed by atoms with van der Waals surface area (Å²) in [6.45, 7) is 10.5.